The number of aromatic nitrogens is 2. The minimum atomic E-state index is -4.56. The Morgan fingerprint density at radius 2 is 1.81 bits per heavy atom. The summed E-state index contributed by atoms with van der Waals surface area (Å²) >= 11 is 6.18. The van der Waals surface area contributed by atoms with E-state index in [1.165, 1.54) is 29.5 Å². The van der Waals surface area contributed by atoms with E-state index in [1.54, 1.807) is 30.5 Å². The molecule has 3 saturated heterocycles. The number of likely N-dealkylation sites (tertiary alicyclic amines) is 1. The summed E-state index contributed by atoms with van der Waals surface area (Å²) in [5.41, 5.74) is 4.81. The zero-order valence-corrected chi connectivity index (χ0v) is 38.4. The topological polar surface area (TPSA) is 175 Å². The number of ether oxygens (including phenoxy) is 2. The first-order valence-corrected chi connectivity index (χ1v) is 24.2. The minimum absolute atomic E-state index is 0.0312. The number of fused-ring (bicyclic) bond motifs is 1. The molecule has 5 heterocycles. The lowest BCUT2D eigenvalue weighted by molar-refractivity contribution is -0.384. The molecule has 1 amide bonds. The van der Waals surface area contributed by atoms with E-state index in [9.17, 15) is 23.3 Å². The first kappa shape index (κ1) is 45.6. The zero-order chi connectivity index (χ0) is 45.1. The van der Waals surface area contributed by atoms with E-state index in [4.69, 9.17) is 21.1 Å². The summed E-state index contributed by atoms with van der Waals surface area (Å²) in [6.07, 6.45) is 11.6. The molecule has 4 aromatic rings. The Morgan fingerprint density at radius 3 is 2.55 bits per heavy atom. The van der Waals surface area contributed by atoms with Crippen molar-refractivity contribution in [3.63, 3.8) is 0 Å². The molecule has 3 N–H and O–H groups in total. The van der Waals surface area contributed by atoms with Gasteiger partial charge < -0.3 is 29.6 Å². The molecule has 3 aliphatic heterocycles. The van der Waals surface area contributed by atoms with Crippen LogP contribution in [0.2, 0.25) is 0 Å². The molecule has 17 heteroatoms. The number of nitro benzene ring substituents is 1. The van der Waals surface area contributed by atoms with Crippen LogP contribution < -0.4 is 19.7 Å². The number of carbonyl (C=O) groups excluding carboxylic acids is 1. The number of piperidine rings is 1. The number of halogens is 1. The maximum absolute atomic E-state index is 14.0. The summed E-state index contributed by atoms with van der Waals surface area (Å²) < 4.78 is 41.6. The fourth-order valence-electron chi connectivity index (χ4n) is 9.57. The fourth-order valence-corrected chi connectivity index (χ4v) is 10.7. The second kappa shape index (κ2) is 19.2. The second-order valence-corrected chi connectivity index (χ2v) is 20.9. The highest BCUT2D eigenvalue weighted by molar-refractivity contribution is 7.90. The van der Waals surface area contributed by atoms with Gasteiger partial charge in [0.25, 0.3) is 21.6 Å². The van der Waals surface area contributed by atoms with Crippen LogP contribution in [-0.2, 0) is 14.8 Å². The van der Waals surface area contributed by atoms with Gasteiger partial charge in [0, 0.05) is 86.9 Å². The second-order valence-electron chi connectivity index (χ2n) is 18.6. The lowest BCUT2D eigenvalue weighted by atomic mass is 9.73. The highest BCUT2D eigenvalue weighted by atomic mass is 35.5. The lowest BCUT2D eigenvalue weighted by Gasteiger charge is -2.39. The number of allylic oxidation sites excluding steroid dienone is 2. The van der Waals surface area contributed by atoms with Crippen molar-refractivity contribution in [2.75, 3.05) is 82.3 Å². The number of nitro groups is 1. The summed E-state index contributed by atoms with van der Waals surface area (Å²) in [4.78, 5) is 39.7. The number of rotatable bonds is 16. The number of piperazine rings is 1. The number of H-pyrrole nitrogens is 1. The first-order chi connectivity index (χ1) is 30.6. The molecule has 2 aromatic carbocycles. The van der Waals surface area contributed by atoms with Gasteiger partial charge in [-0.2, -0.15) is 0 Å². The molecule has 0 bridgehead atoms. The molecular weight excluding hydrogens is 856 g/mol. The summed E-state index contributed by atoms with van der Waals surface area (Å²) in [6, 6.07) is 12.3. The number of hydrogen-bond acceptors (Lipinski definition) is 12. The van der Waals surface area contributed by atoms with E-state index in [2.05, 4.69) is 55.1 Å². The van der Waals surface area contributed by atoms with Gasteiger partial charge in [-0.05, 0) is 112 Å². The number of sulfonamides is 1. The smallest absolute Gasteiger partial charge is 0.293 e. The summed E-state index contributed by atoms with van der Waals surface area (Å²) in [6.45, 7) is 17.3. The van der Waals surface area contributed by atoms with Gasteiger partial charge in [-0.15, -0.1) is 0 Å². The Morgan fingerprint density at radius 1 is 1.02 bits per heavy atom. The van der Waals surface area contributed by atoms with Crippen molar-refractivity contribution in [1.82, 2.24) is 24.5 Å². The zero-order valence-electron chi connectivity index (χ0n) is 36.8. The van der Waals surface area contributed by atoms with Gasteiger partial charge in [0.1, 0.15) is 22.8 Å². The van der Waals surface area contributed by atoms with Crippen LogP contribution in [0.5, 0.6) is 11.5 Å². The van der Waals surface area contributed by atoms with Crippen LogP contribution in [0.25, 0.3) is 11.0 Å². The molecule has 4 aliphatic rings. The number of nitrogens with one attached hydrogen (secondary N) is 3. The predicted octanol–water partition coefficient (Wildman–Crippen LogP) is 8.46. The lowest BCUT2D eigenvalue weighted by Crippen LogP contribution is -2.47. The standard InChI is InChI=1S/C47H59ClN8O7S/c1-33(48)4-5-35-29-46(2,3)12-10-36(35)31-54-21-23-55(24-22-54)37-6-8-40(43(27-37)63-38-26-34-11-16-50-44(34)51-30-38)45(57)52-64(60,61)39-7-9-41(42(28-39)56(58)59)49-17-20-53-18-13-47(14-19-53)15-25-62-32-47/h6-9,11,16,26-28,30,49H,1,4-5,10,12-15,17-25,29,31-32H2,2-3H3,(H,50,51)(H,52,57). The number of hydrogen-bond donors (Lipinski definition) is 3. The number of benzene rings is 2. The largest absolute Gasteiger partial charge is 0.455 e. The normalized spacial score (nSPS) is 19.3. The van der Waals surface area contributed by atoms with Gasteiger partial charge >= 0.3 is 0 Å². The highest BCUT2D eigenvalue weighted by Gasteiger charge is 2.38. The van der Waals surface area contributed by atoms with Crippen LogP contribution in [0.3, 0.4) is 0 Å². The van der Waals surface area contributed by atoms with Crippen LogP contribution in [0.15, 0.2) is 88.6 Å². The van der Waals surface area contributed by atoms with Gasteiger partial charge in [0.15, 0.2) is 0 Å². The fraction of sp³-hybridized carbons (Fsp3) is 0.489. The van der Waals surface area contributed by atoms with E-state index in [-0.39, 0.29) is 27.8 Å². The van der Waals surface area contributed by atoms with Crippen molar-refractivity contribution in [1.29, 1.82) is 0 Å². The molecule has 8 rings (SSSR count). The van der Waals surface area contributed by atoms with Crippen LogP contribution in [0.4, 0.5) is 17.1 Å². The maximum Gasteiger partial charge on any atom is 0.293 e. The molecule has 1 spiro atoms. The number of nitrogens with zero attached hydrogens (tertiary/aromatic N) is 5. The average molecular weight is 916 g/mol. The molecule has 2 aromatic heterocycles. The summed E-state index contributed by atoms with van der Waals surface area (Å²) in [7, 11) is -4.56. The van der Waals surface area contributed by atoms with Gasteiger partial charge in [-0.25, -0.2) is 18.1 Å². The average Bonchev–Trinajstić information content (AvgIpc) is 3.94. The maximum atomic E-state index is 14.0. The van der Waals surface area contributed by atoms with Crippen LogP contribution in [0.1, 0.15) is 75.6 Å². The molecule has 0 unspecified atom stereocenters. The minimum Gasteiger partial charge on any atom is -0.455 e. The van der Waals surface area contributed by atoms with E-state index >= 15 is 0 Å². The Labute approximate surface area is 380 Å². The van der Waals surface area contributed by atoms with Crippen molar-refractivity contribution in [3.05, 3.63) is 99.4 Å². The number of amides is 1. The van der Waals surface area contributed by atoms with Crippen molar-refractivity contribution >= 4 is 55.6 Å². The van der Waals surface area contributed by atoms with Crippen LogP contribution >= 0.6 is 11.6 Å². The molecule has 342 valence electrons. The first-order valence-electron chi connectivity index (χ1n) is 22.3. The van der Waals surface area contributed by atoms with E-state index in [1.807, 2.05) is 6.07 Å². The monoisotopic (exact) mass is 914 g/mol. The molecule has 3 fully saturated rings. The Kier molecular flexibility index (Phi) is 13.7. The summed E-state index contributed by atoms with van der Waals surface area (Å²) in [5, 5.41) is 16.8. The molecule has 0 atom stereocenters. The molecule has 64 heavy (non-hydrogen) atoms. The Hall–Kier alpha value is -5.00. The summed E-state index contributed by atoms with van der Waals surface area (Å²) in [5.74, 6) is -0.456. The van der Waals surface area contributed by atoms with Crippen molar-refractivity contribution in [2.24, 2.45) is 10.8 Å². The van der Waals surface area contributed by atoms with Gasteiger partial charge in [-0.3, -0.25) is 19.8 Å². The SMILES string of the molecule is C=C(Cl)CCC1=C(CN2CCN(c3ccc(C(=O)NS(=O)(=O)c4ccc(NCCN5CCC6(CCOC6)CC5)c([N+](=O)[O-])c4)c(Oc4cnc5[nH]ccc5c4)c3)CC2)CCC(C)(C)C1. The van der Waals surface area contributed by atoms with Gasteiger partial charge in [-0.1, -0.05) is 43.2 Å². The number of pyridine rings is 1. The Bertz CT molecular complexity index is 2520. The highest BCUT2D eigenvalue weighted by Crippen LogP contribution is 2.42. The van der Waals surface area contributed by atoms with Crippen molar-refractivity contribution in [2.45, 2.75) is 70.1 Å². The van der Waals surface area contributed by atoms with Crippen LogP contribution in [0, 0.1) is 20.9 Å². The van der Waals surface area contributed by atoms with E-state index in [0.717, 1.165) is 128 Å². The molecule has 0 radical (unpaired) electrons. The quantitative estimate of drug-likeness (QED) is 0.0557. The molecule has 1 aliphatic carbocycles. The van der Waals surface area contributed by atoms with Crippen molar-refractivity contribution in [3.8, 4) is 11.5 Å². The Balaban J connectivity index is 0.954. The number of anilines is 2. The molecule has 15 nitrogen and oxygen atoms in total. The van der Waals surface area contributed by atoms with Crippen LogP contribution in [-0.4, -0.2) is 111 Å². The predicted molar refractivity (Wildman–Crippen MR) is 250 cm³/mol. The molecular formula is C47H59ClN8O7S. The molecule has 0 saturated carbocycles. The van der Waals surface area contributed by atoms with E-state index in [0.29, 0.717) is 29.5 Å². The number of carbonyl (C=O) groups is 1. The third kappa shape index (κ3) is 10.9. The third-order valence-corrected chi connectivity index (χ3v) is 15.0. The van der Waals surface area contributed by atoms with Gasteiger partial charge in [0.2, 0.25) is 0 Å². The van der Waals surface area contributed by atoms with Crippen molar-refractivity contribution < 1.29 is 27.6 Å². The van der Waals surface area contributed by atoms with E-state index < -0.39 is 31.4 Å². The number of aromatic amines is 1. The third-order valence-electron chi connectivity index (χ3n) is 13.5. The van der Waals surface area contributed by atoms with Gasteiger partial charge in [0.05, 0.1) is 28.2 Å².